The Morgan fingerprint density at radius 1 is 1.35 bits per heavy atom. The van der Waals surface area contributed by atoms with Gasteiger partial charge in [-0.05, 0) is 12.1 Å². The molecule has 0 aliphatic rings. The molecule has 1 aromatic heterocycles. The van der Waals surface area contributed by atoms with Crippen LogP contribution in [0, 0.1) is 11.6 Å². The molecule has 0 saturated heterocycles. The summed E-state index contributed by atoms with van der Waals surface area (Å²) in [5.41, 5.74) is 1.19. The predicted molar refractivity (Wildman–Crippen MR) is 58.6 cm³/mol. The van der Waals surface area contributed by atoms with E-state index in [0.717, 1.165) is 23.5 Å². The van der Waals surface area contributed by atoms with E-state index in [-0.39, 0.29) is 12.0 Å². The second-order valence-corrected chi connectivity index (χ2v) is 4.00. The van der Waals surface area contributed by atoms with Crippen LogP contribution in [-0.2, 0) is 11.2 Å². The van der Waals surface area contributed by atoms with E-state index in [9.17, 15) is 13.6 Å². The van der Waals surface area contributed by atoms with Crippen molar-refractivity contribution in [1.29, 1.82) is 0 Å². The lowest BCUT2D eigenvalue weighted by atomic mass is 10.1. The monoisotopic (exact) mass is 255 g/mol. The van der Waals surface area contributed by atoms with E-state index in [1.807, 2.05) is 0 Å². The second kappa shape index (κ2) is 4.96. The summed E-state index contributed by atoms with van der Waals surface area (Å²) in [4.78, 5) is 11.5. The molecule has 0 atom stereocenters. The first-order valence-corrected chi connectivity index (χ1v) is 5.53. The van der Waals surface area contributed by atoms with Gasteiger partial charge >= 0.3 is 0 Å². The van der Waals surface area contributed by atoms with E-state index in [1.165, 1.54) is 11.6 Å². The summed E-state index contributed by atoms with van der Waals surface area (Å²) >= 11 is 1.13. The maximum absolute atomic E-state index is 13.2. The molecule has 1 heterocycles. The third kappa shape index (κ3) is 2.82. The van der Waals surface area contributed by atoms with E-state index in [1.54, 1.807) is 0 Å². The molecule has 0 fully saturated rings. The van der Waals surface area contributed by atoms with Crippen molar-refractivity contribution < 1.29 is 13.6 Å². The normalized spacial score (nSPS) is 10.2. The Bertz CT molecular complexity index is 510. The first-order chi connectivity index (χ1) is 8.16. The van der Waals surface area contributed by atoms with Crippen LogP contribution in [0.25, 0.3) is 0 Å². The molecule has 0 aliphatic heterocycles. The Labute approximate surface area is 99.3 Å². The molecule has 0 bridgehead atoms. The van der Waals surface area contributed by atoms with Crippen molar-refractivity contribution in [3.05, 3.63) is 40.9 Å². The Morgan fingerprint density at radius 3 is 2.65 bits per heavy atom. The molecular weight excluding hydrogens is 248 g/mol. The van der Waals surface area contributed by atoms with E-state index in [4.69, 9.17) is 0 Å². The zero-order valence-corrected chi connectivity index (χ0v) is 9.30. The highest BCUT2D eigenvalue weighted by Gasteiger charge is 2.13. The zero-order chi connectivity index (χ0) is 12.3. The number of hydrogen-bond acceptors (Lipinski definition) is 4. The van der Waals surface area contributed by atoms with Gasteiger partial charge in [-0.25, -0.2) is 8.78 Å². The maximum atomic E-state index is 13.2. The van der Waals surface area contributed by atoms with E-state index in [0.29, 0.717) is 5.13 Å². The van der Waals surface area contributed by atoms with Crippen LogP contribution in [0.2, 0.25) is 0 Å². The van der Waals surface area contributed by atoms with Crippen LogP contribution in [0.5, 0.6) is 0 Å². The van der Waals surface area contributed by atoms with Crippen LogP contribution in [-0.4, -0.2) is 16.1 Å². The highest BCUT2D eigenvalue weighted by molar-refractivity contribution is 7.13. The summed E-state index contributed by atoms with van der Waals surface area (Å²) in [6, 6.07) is 3.46. The summed E-state index contributed by atoms with van der Waals surface area (Å²) in [5, 5.41) is 9.81. The van der Waals surface area contributed by atoms with Gasteiger partial charge in [0.1, 0.15) is 17.1 Å². The number of benzene rings is 1. The molecule has 0 radical (unpaired) electrons. The molecule has 1 amide bonds. The predicted octanol–water partition coefficient (Wildman–Crippen LogP) is 2.00. The number of nitrogens with one attached hydrogen (secondary N) is 1. The number of amides is 1. The number of hydrogen-bond donors (Lipinski definition) is 1. The molecule has 1 aromatic carbocycles. The Hall–Kier alpha value is -1.89. The van der Waals surface area contributed by atoms with E-state index in [2.05, 4.69) is 15.5 Å². The molecule has 1 N–H and O–H groups in total. The van der Waals surface area contributed by atoms with Gasteiger partial charge in [-0.1, -0.05) is 17.4 Å². The topological polar surface area (TPSA) is 54.9 Å². The number of anilines is 1. The summed E-state index contributed by atoms with van der Waals surface area (Å²) < 4.78 is 26.5. The van der Waals surface area contributed by atoms with Crippen LogP contribution >= 0.6 is 11.3 Å². The first kappa shape index (κ1) is 11.6. The lowest BCUT2D eigenvalue weighted by molar-refractivity contribution is -0.115. The molecule has 0 spiro atoms. The Balaban J connectivity index is 2.08. The summed E-state index contributed by atoms with van der Waals surface area (Å²) in [7, 11) is 0. The van der Waals surface area contributed by atoms with Gasteiger partial charge in [0.15, 0.2) is 0 Å². The van der Waals surface area contributed by atoms with Crippen molar-refractivity contribution in [2.45, 2.75) is 6.42 Å². The molecule has 88 valence electrons. The Kier molecular flexibility index (Phi) is 3.38. The zero-order valence-electron chi connectivity index (χ0n) is 8.48. The van der Waals surface area contributed by atoms with Gasteiger partial charge in [0.25, 0.3) is 0 Å². The fraction of sp³-hybridized carbons (Fsp3) is 0.100. The minimum Gasteiger partial charge on any atom is -0.300 e. The SMILES string of the molecule is O=C(Cc1c(F)cccc1F)Nc1nncs1. The number of aromatic nitrogens is 2. The van der Waals surface area contributed by atoms with Crippen LogP contribution in [0.15, 0.2) is 23.7 Å². The Morgan fingerprint density at radius 2 is 2.06 bits per heavy atom. The van der Waals surface area contributed by atoms with Crippen molar-refractivity contribution >= 4 is 22.4 Å². The molecule has 2 aromatic rings. The molecule has 2 rings (SSSR count). The van der Waals surface area contributed by atoms with Crippen LogP contribution in [0.3, 0.4) is 0 Å². The molecule has 0 saturated carbocycles. The second-order valence-electron chi connectivity index (χ2n) is 3.17. The molecule has 17 heavy (non-hydrogen) atoms. The molecule has 7 heteroatoms. The van der Waals surface area contributed by atoms with Crippen molar-refractivity contribution in [3.8, 4) is 0 Å². The smallest absolute Gasteiger partial charge is 0.230 e. The van der Waals surface area contributed by atoms with Gasteiger partial charge in [-0.2, -0.15) is 0 Å². The highest BCUT2D eigenvalue weighted by Crippen LogP contribution is 2.14. The van der Waals surface area contributed by atoms with Crippen LogP contribution in [0.1, 0.15) is 5.56 Å². The van der Waals surface area contributed by atoms with Crippen molar-refractivity contribution in [1.82, 2.24) is 10.2 Å². The van der Waals surface area contributed by atoms with Gasteiger partial charge in [-0.15, -0.1) is 10.2 Å². The van der Waals surface area contributed by atoms with Crippen LogP contribution in [0.4, 0.5) is 13.9 Å². The minimum absolute atomic E-state index is 0.255. The first-order valence-electron chi connectivity index (χ1n) is 4.65. The van der Waals surface area contributed by atoms with Gasteiger partial charge < -0.3 is 5.32 Å². The lowest BCUT2D eigenvalue weighted by Crippen LogP contribution is -2.16. The third-order valence-corrected chi connectivity index (χ3v) is 2.61. The van der Waals surface area contributed by atoms with Crippen molar-refractivity contribution in [2.75, 3.05) is 5.32 Å². The molecule has 0 unspecified atom stereocenters. The van der Waals surface area contributed by atoms with E-state index < -0.39 is 17.5 Å². The van der Waals surface area contributed by atoms with Crippen molar-refractivity contribution in [3.63, 3.8) is 0 Å². The highest BCUT2D eigenvalue weighted by atomic mass is 32.1. The average molecular weight is 255 g/mol. The van der Waals surface area contributed by atoms with Gasteiger partial charge in [0.2, 0.25) is 11.0 Å². The number of carbonyl (C=O) groups excluding carboxylic acids is 1. The maximum Gasteiger partial charge on any atom is 0.230 e. The fourth-order valence-corrected chi connectivity index (χ4v) is 1.71. The average Bonchev–Trinajstić information content (AvgIpc) is 2.76. The molecule has 0 aliphatic carbocycles. The number of nitrogens with zero attached hydrogens (tertiary/aromatic N) is 2. The number of halogens is 2. The largest absolute Gasteiger partial charge is 0.300 e. The molecular formula is C10H7F2N3OS. The minimum atomic E-state index is -0.739. The number of carbonyl (C=O) groups is 1. The van der Waals surface area contributed by atoms with Crippen molar-refractivity contribution in [2.24, 2.45) is 0 Å². The standard InChI is InChI=1S/C10H7F2N3OS/c11-7-2-1-3-8(12)6(7)4-9(16)14-10-15-13-5-17-10/h1-3,5H,4H2,(H,14,15,16). The summed E-state index contributed by atoms with van der Waals surface area (Å²) in [6.07, 6.45) is -0.377. The third-order valence-electron chi connectivity index (χ3n) is 2.01. The summed E-state index contributed by atoms with van der Waals surface area (Å²) in [6.45, 7) is 0. The van der Waals surface area contributed by atoms with Gasteiger partial charge in [0, 0.05) is 5.56 Å². The van der Waals surface area contributed by atoms with Crippen LogP contribution < -0.4 is 5.32 Å². The fourth-order valence-electron chi connectivity index (χ4n) is 1.25. The number of rotatable bonds is 3. The van der Waals surface area contributed by atoms with Gasteiger partial charge in [-0.3, -0.25) is 4.79 Å². The lowest BCUT2D eigenvalue weighted by Gasteiger charge is -2.04. The van der Waals surface area contributed by atoms with E-state index >= 15 is 0 Å². The van der Waals surface area contributed by atoms with Gasteiger partial charge in [0.05, 0.1) is 6.42 Å². The molecule has 4 nitrogen and oxygen atoms in total. The quantitative estimate of drug-likeness (QED) is 0.912. The summed E-state index contributed by atoms with van der Waals surface area (Å²) in [5.74, 6) is -2.01.